The fourth-order valence-electron chi connectivity index (χ4n) is 3.30. The van der Waals surface area contributed by atoms with Crippen molar-refractivity contribution in [2.45, 2.75) is 29.9 Å². The summed E-state index contributed by atoms with van der Waals surface area (Å²) in [7, 11) is -0.670. The molecule has 0 spiro atoms. The standard InChI is InChI=1S/C22H26N2O7S/c1-14(32(27,28)16-5-7-18-17(12-16)24-22(26)13-31-18)10-21(25)23-9-8-15-4-6-19(29-2)20(11-15)30-3/h4-7,11-12,14H,8-10,13H2,1-3H3,(H,23,25)(H,24,26)/t14-/m0/s1. The molecule has 0 bridgehead atoms. The predicted octanol–water partition coefficient (Wildman–Crippen LogP) is 1.95. The van der Waals surface area contributed by atoms with Crippen LogP contribution < -0.4 is 24.8 Å². The van der Waals surface area contributed by atoms with Crippen LogP contribution in [0.3, 0.4) is 0 Å². The Kier molecular flexibility index (Phi) is 7.24. The maximum absolute atomic E-state index is 12.9. The number of benzene rings is 2. The molecule has 2 amide bonds. The second-order valence-electron chi connectivity index (χ2n) is 7.34. The molecule has 1 atom stereocenters. The molecule has 10 heteroatoms. The third kappa shape index (κ3) is 5.31. The van der Waals surface area contributed by atoms with Crippen LogP contribution in [0.15, 0.2) is 41.3 Å². The lowest BCUT2D eigenvalue weighted by molar-refractivity contribution is -0.121. The minimum absolute atomic E-state index is 0.0210. The average Bonchev–Trinajstić information content (AvgIpc) is 2.78. The van der Waals surface area contributed by atoms with Crippen LogP contribution >= 0.6 is 0 Å². The third-order valence-corrected chi connectivity index (χ3v) is 7.24. The molecule has 0 saturated carbocycles. The van der Waals surface area contributed by atoms with E-state index in [1.165, 1.54) is 25.1 Å². The van der Waals surface area contributed by atoms with Crippen molar-refractivity contribution in [1.82, 2.24) is 5.32 Å². The van der Waals surface area contributed by atoms with Crippen LogP contribution in [0.4, 0.5) is 5.69 Å². The number of hydrogen-bond donors (Lipinski definition) is 2. The van der Waals surface area contributed by atoms with E-state index in [2.05, 4.69) is 10.6 Å². The van der Waals surface area contributed by atoms with E-state index in [9.17, 15) is 18.0 Å². The van der Waals surface area contributed by atoms with Crippen molar-refractivity contribution >= 4 is 27.3 Å². The molecule has 1 aliphatic rings. The lowest BCUT2D eigenvalue weighted by Gasteiger charge is -2.19. The van der Waals surface area contributed by atoms with Gasteiger partial charge in [-0.2, -0.15) is 0 Å². The Morgan fingerprint density at radius 1 is 1.16 bits per heavy atom. The molecule has 172 valence electrons. The van der Waals surface area contributed by atoms with Gasteiger partial charge in [-0.15, -0.1) is 0 Å². The maximum atomic E-state index is 12.9. The van der Waals surface area contributed by atoms with Crippen LogP contribution in [0.1, 0.15) is 18.9 Å². The van der Waals surface area contributed by atoms with Crippen molar-refractivity contribution in [3.63, 3.8) is 0 Å². The van der Waals surface area contributed by atoms with Crippen LogP contribution in [0.5, 0.6) is 17.2 Å². The number of rotatable bonds is 9. The van der Waals surface area contributed by atoms with Crippen LogP contribution in [0.25, 0.3) is 0 Å². The van der Waals surface area contributed by atoms with E-state index in [4.69, 9.17) is 14.2 Å². The number of carbonyl (C=O) groups is 2. The highest BCUT2D eigenvalue weighted by Gasteiger charge is 2.27. The average molecular weight is 463 g/mol. The number of ether oxygens (including phenoxy) is 3. The van der Waals surface area contributed by atoms with Gasteiger partial charge in [-0.1, -0.05) is 6.07 Å². The Hall–Kier alpha value is -3.27. The van der Waals surface area contributed by atoms with Crippen molar-refractivity contribution in [2.24, 2.45) is 0 Å². The van der Waals surface area contributed by atoms with Crippen molar-refractivity contribution < 1.29 is 32.2 Å². The van der Waals surface area contributed by atoms with E-state index in [-0.39, 0.29) is 29.7 Å². The fourth-order valence-corrected chi connectivity index (χ4v) is 4.67. The van der Waals surface area contributed by atoms with E-state index in [1.54, 1.807) is 20.3 Å². The SMILES string of the molecule is COc1ccc(CCNC(=O)C[C@H](C)S(=O)(=O)c2ccc3c(c2)NC(=O)CO3)cc1OC. The number of sulfone groups is 1. The highest BCUT2D eigenvalue weighted by Crippen LogP contribution is 2.32. The van der Waals surface area contributed by atoms with E-state index >= 15 is 0 Å². The zero-order valence-electron chi connectivity index (χ0n) is 18.1. The monoisotopic (exact) mass is 462 g/mol. The first-order valence-corrected chi connectivity index (χ1v) is 11.6. The first-order chi connectivity index (χ1) is 15.2. The molecule has 0 aliphatic carbocycles. The van der Waals surface area contributed by atoms with Gasteiger partial charge in [-0.25, -0.2) is 8.42 Å². The van der Waals surface area contributed by atoms with Crippen molar-refractivity contribution in [3.05, 3.63) is 42.0 Å². The number of methoxy groups -OCH3 is 2. The van der Waals surface area contributed by atoms with Gasteiger partial charge in [0.25, 0.3) is 5.91 Å². The fraction of sp³-hybridized carbons (Fsp3) is 0.364. The molecule has 2 aromatic rings. The Bertz CT molecular complexity index is 1120. The van der Waals surface area contributed by atoms with Gasteiger partial charge < -0.3 is 24.8 Å². The minimum atomic E-state index is -3.78. The van der Waals surface area contributed by atoms with E-state index in [0.29, 0.717) is 35.9 Å². The molecular formula is C22H26N2O7S. The summed E-state index contributed by atoms with van der Waals surface area (Å²) in [6.07, 6.45) is 0.367. The molecule has 0 unspecified atom stereocenters. The molecule has 1 heterocycles. The molecule has 0 saturated heterocycles. The highest BCUT2D eigenvalue weighted by molar-refractivity contribution is 7.92. The van der Waals surface area contributed by atoms with E-state index in [1.807, 2.05) is 12.1 Å². The number of carbonyl (C=O) groups excluding carboxylic acids is 2. The summed E-state index contributed by atoms with van der Waals surface area (Å²) < 4.78 is 41.5. The summed E-state index contributed by atoms with van der Waals surface area (Å²) in [5.74, 6) is 0.907. The van der Waals surface area contributed by atoms with Gasteiger partial charge >= 0.3 is 0 Å². The topological polar surface area (TPSA) is 120 Å². The molecule has 0 aromatic heterocycles. The first-order valence-electron chi connectivity index (χ1n) is 10.0. The Morgan fingerprint density at radius 2 is 1.91 bits per heavy atom. The van der Waals surface area contributed by atoms with Gasteiger partial charge in [0, 0.05) is 13.0 Å². The van der Waals surface area contributed by atoms with Gasteiger partial charge in [0.1, 0.15) is 5.75 Å². The van der Waals surface area contributed by atoms with Crippen molar-refractivity contribution in [1.29, 1.82) is 0 Å². The van der Waals surface area contributed by atoms with E-state index < -0.39 is 15.1 Å². The van der Waals surface area contributed by atoms with Gasteiger partial charge in [-0.3, -0.25) is 9.59 Å². The highest BCUT2D eigenvalue weighted by atomic mass is 32.2. The van der Waals surface area contributed by atoms with Crippen LogP contribution in [0.2, 0.25) is 0 Å². The number of fused-ring (bicyclic) bond motifs is 1. The quantitative estimate of drug-likeness (QED) is 0.584. The molecular weight excluding hydrogens is 436 g/mol. The smallest absolute Gasteiger partial charge is 0.262 e. The van der Waals surface area contributed by atoms with Gasteiger partial charge in [0.15, 0.2) is 27.9 Å². The molecule has 1 aliphatic heterocycles. The zero-order chi connectivity index (χ0) is 23.3. The predicted molar refractivity (Wildman–Crippen MR) is 118 cm³/mol. The van der Waals surface area contributed by atoms with Gasteiger partial charge in [0.2, 0.25) is 5.91 Å². The minimum Gasteiger partial charge on any atom is -0.493 e. The summed E-state index contributed by atoms with van der Waals surface area (Å²) in [5.41, 5.74) is 1.25. The van der Waals surface area contributed by atoms with Crippen molar-refractivity contribution in [2.75, 3.05) is 32.7 Å². The zero-order valence-corrected chi connectivity index (χ0v) is 19.0. The molecule has 9 nitrogen and oxygen atoms in total. The lowest BCUT2D eigenvalue weighted by atomic mass is 10.1. The number of amides is 2. The number of anilines is 1. The lowest BCUT2D eigenvalue weighted by Crippen LogP contribution is -2.31. The molecule has 0 fully saturated rings. The maximum Gasteiger partial charge on any atom is 0.262 e. The summed E-state index contributed by atoms with van der Waals surface area (Å²) in [4.78, 5) is 23.8. The third-order valence-electron chi connectivity index (χ3n) is 5.10. The van der Waals surface area contributed by atoms with Crippen LogP contribution in [-0.2, 0) is 25.8 Å². The second-order valence-corrected chi connectivity index (χ2v) is 9.71. The molecule has 32 heavy (non-hydrogen) atoms. The Morgan fingerprint density at radius 3 is 2.62 bits per heavy atom. The number of nitrogens with one attached hydrogen (secondary N) is 2. The van der Waals surface area contributed by atoms with Crippen LogP contribution in [-0.4, -0.2) is 52.9 Å². The Labute approximate surface area is 187 Å². The second kappa shape index (κ2) is 9.90. The van der Waals surface area contributed by atoms with Crippen LogP contribution in [0, 0.1) is 0 Å². The summed E-state index contributed by atoms with van der Waals surface area (Å²) in [6, 6.07) is 9.76. The van der Waals surface area contributed by atoms with E-state index in [0.717, 1.165) is 5.56 Å². The Balaban J connectivity index is 1.57. The van der Waals surface area contributed by atoms with Gasteiger partial charge in [0.05, 0.1) is 30.1 Å². The number of hydrogen-bond acceptors (Lipinski definition) is 7. The summed E-state index contributed by atoms with van der Waals surface area (Å²) in [5, 5.41) is 4.40. The molecule has 2 aromatic carbocycles. The largest absolute Gasteiger partial charge is 0.493 e. The molecule has 3 rings (SSSR count). The molecule has 2 N–H and O–H groups in total. The normalized spacial score (nSPS) is 13.9. The van der Waals surface area contributed by atoms with Gasteiger partial charge in [-0.05, 0) is 49.2 Å². The first kappa shape index (κ1) is 23.4. The molecule has 0 radical (unpaired) electrons. The summed E-state index contributed by atoms with van der Waals surface area (Å²) >= 11 is 0. The summed E-state index contributed by atoms with van der Waals surface area (Å²) in [6.45, 7) is 1.72. The van der Waals surface area contributed by atoms with Crippen molar-refractivity contribution in [3.8, 4) is 17.2 Å².